The molecule has 0 aromatic heterocycles. The van der Waals surface area contributed by atoms with Gasteiger partial charge in [0.2, 0.25) is 5.91 Å². The average Bonchev–Trinajstić information content (AvgIpc) is 3.54. The van der Waals surface area contributed by atoms with Crippen LogP contribution in [0.2, 0.25) is 0 Å². The topological polar surface area (TPSA) is 107 Å². The SMILES string of the molecule is C=CCN(C(=O)C1N([C@@H](CO)Cc2ccccc2)C(=O)[C@@H]2[C@H](C(=O)O)[C@@H]3CC(C)C12S3)c1ccc(OC)cc1. The van der Waals surface area contributed by atoms with Gasteiger partial charge in [-0.15, -0.1) is 18.3 Å². The Balaban J connectivity index is 1.62. The maximum atomic E-state index is 14.7. The third kappa shape index (κ3) is 4.32. The van der Waals surface area contributed by atoms with Crippen LogP contribution in [-0.4, -0.2) is 75.2 Å². The molecule has 39 heavy (non-hydrogen) atoms. The molecule has 2 aromatic rings. The Hall–Kier alpha value is -3.30. The van der Waals surface area contributed by atoms with Crippen LogP contribution >= 0.6 is 11.8 Å². The zero-order valence-electron chi connectivity index (χ0n) is 22.1. The summed E-state index contributed by atoms with van der Waals surface area (Å²) in [5, 5.41) is 20.5. The number of amides is 2. The van der Waals surface area contributed by atoms with Crippen LogP contribution in [-0.2, 0) is 20.8 Å². The molecule has 2 amide bonds. The number of hydrogen-bond donors (Lipinski definition) is 2. The summed E-state index contributed by atoms with van der Waals surface area (Å²) in [7, 11) is 1.57. The van der Waals surface area contributed by atoms with Crippen LogP contribution in [0.25, 0.3) is 0 Å². The molecule has 3 saturated heterocycles. The first-order chi connectivity index (χ1) is 18.8. The van der Waals surface area contributed by atoms with Gasteiger partial charge in [0, 0.05) is 17.5 Å². The third-order valence-electron chi connectivity index (χ3n) is 8.58. The molecule has 2 N–H and O–H groups in total. The largest absolute Gasteiger partial charge is 0.497 e. The van der Waals surface area contributed by atoms with Crippen molar-refractivity contribution in [2.75, 3.05) is 25.2 Å². The fourth-order valence-electron chi connectivity index (χ4n) is 6.91. The number of ether oxygens (including phenoxy) is 1. The van der Waals surface area contributed by atoms with Gasteiger partial charge in [-0.3, -0.25) is 14.4 Å². The number of aliphatic hydroxyl groups excluding tert-OH is 1. The smallest absolute Gasteiger partial charge is 0.308 e. The molecule has 0 saturated carbocycles. The molecule has 3 unspecified atom stereocenters. The quantitative estimate of drug-likeness (QED) is 0.438. The fraction of sp³-hybridized carbons (Fsp3) is 0.433. The van der Waals surface area contributed by atoms with Crippen molar-refractivity contribution in [1.29, 1.82) is 0 Å². The molecule has 3 fully saturated rings. The lowest BCUT2D eigenvalue weighted by Gasteiger charge is -2.42. The van der Waals surface area contributed by atoms with E-state index in [9.17, 15) is 24.6 Å². The number of thioether (sulfide) groups is 1. The van der Waals surface area contributed by atoms with Crippen molar-refractivity contribution in [3.63, 3.8) is 0 Å². The summed E-state index contributed by atoms with van der Waals surface area (Å²) in [6, 6.07) is 15.0. The van der Waals surface area contributed by atoms with E-state index in [1.165, 1.54) is 16.7 Å². The zero-order valence-corrected chi connectivity index (χ0v) is 22.9. The van der Waals surface area contributed by atoms with E-state index in [4.69, 9.17) is 4.74 Å². The first-order valence-corrected chi connectivity index (χ1v) is 14.1. The summed E-state index contributed by atoms with van der Waals surface area (Å²) in [6.45, 7) is 5.73. The highest BCUT2D eigenvalue weighted by Gasteiger charge is 2.77. The molecule has 3 heterocycles. The number of benzene rings is 2. The number of aliphatic hydroxyl groups is 1. The molecule has 9 heteroatoms. The molecule has 1 spiro atoms. The Morgan fingerprint density at radius 3 is 2.51 bits per heavy atom. The van der Waals surface area contributed by atoms with Crippen molar-refractivity contribution in [2.45, 2.75) is 41.8 Å². The number of likely N-dealkylation sites (tertiary alicyclic amines) is 1. The summed E-state index contributed by atoms with van der Waals surface area (Å²) in [4.78, 5) is 44.5. The van der Waals surface area contributed by atoms with E-state index in [0.29, 0.717) is 24.3 Å². The lowest BCUT2D eigenvalue weighted by Crippen LogP contribution is -2.59. The van der Waals surface area contributed by atoms with E-state index in [1.54, 1.807) is 42.4 Å². The number of anilines is 1. The Labute approximate surface area is 232 Å². The van der Waals surface area contributed by atoms with Gasteiger partial charge in [-0.05, 0) is 48.6 Å². The molecule has 3 aliphatic heterocycles. The fourth-order valence-corrected chi connectivity index (χ4v) is 9.31. The van der Waals surface area contributed by atoms with Gasteiger partial charge in [0.15, 0.2) is 0 Å². The van der Waals surface area contributed by atoms with E-state index in [2.05, 4.69) is 6.58 Å². The molecule has 2 bridgehead atoms. The van der Waals surface area contributed by atoms with Crippen LogP contribution in [0.5, 0.6) is 5.75 Å². The predicted molar refractivity (Wildman–Crippen MR) is 150 cm³/mol. The van der Waals surface area contributed by atoms with E-state index >= 15 is 0 Å². The molecule has 2 aromatic carbocycles. The van der Waals surface area contributed by atoms with Crippen molar-refractivity contribution < 1.29 is 29.3 Å². The summed E-state index contributed by atoms with van der Waals surface area (Å²) < 4.78 is 4.38. The van der Waals surface area contributed by atoms with Gasteiger partial charge in [-0.25, -0.2) is 0 Å². The number of rotatable bonds is 10. The predicted octanol–water partition coefficient (Wildman–Crippen LogP) is 3.24. The van der Waals surface area contributed by atoms with Crippen molar-refractivity contribution in [1.82, 2.24) is 4.90 Å². The molecule has 3 aliphatic rings. The van der Waals surface area contributed by atoms with E-state index in [-0.39, 0.29) is 36.1 Å². The molecule has 0 radical (unpaired) electrons. The second-order valence-corrected chi connectivity index (χ2v) is 12.1. The molecule has 8 nitrogen and oxygen atoms in total. The van der Waals surface area contributed by atoms with Gasteiger partial charge >= 0.3 is 5.97 Å². The number of carboxylic acids is 1. The normalized spacial score (nSPS) is 29.7. The first kappa shape index (κ1) is 27.3. The number of aliphatic carboxylic acids is 1. The van der Waals surface area contributed by atoms with Gasteiger partial charge in [0.25, 0.3) is 5.91 Å². The average molecular weight is 551 g/mol. The number of carboxylic acid groups (broad SMARTS) is 1. The molecular formula is C30H34N2O6S. The Morgan fingerprint density at radius 2 is 1.92 bits per heavy atom. The number of methoxy groups -OCH3 is 1. The second-order valence-electron chi connectivity index (χ2n) is 10.6. The van der Waals surface area contributed by atoms with Crippen LogP contribution in [0.15, 0.2) is 67.3 Å². The Morgan fingerprint density at radius 1 is 1.23 bits per heavy atom. The summed E-state index contributed by atoms with van der Waals surface area (Å²) in [5.41, 5.74) is 1.54. The minimum Gasteiger partial charge on any atom is -0.497 e. The minimum absolute atomic E-state index is 0.0616. The molecule has 206 valence electrons. The number of nitrogens with zero attached hydrogens (tertiary/aromatic N) is 2. The second kappa shape index (κ2) is 10.7. The van der Waals surface area contributed by atoms with Gasteiger partial charge in [0.1, 0.15) is 11.8 Å². The monoisotopic (exact) mass is 550 g/mol. The highest BCUT2D eigenvalue weighted by atomic mass is 32.2. The van der Waals surface area contributed by atoms with E-state index < -0.39 is 34.6 Å². The maximum absolute atomic E-state index is 14.7. The molecule has 0 aliphatic carbocycles. The van der Waals surface area contributed by atoms with Gasteiger partial charge < -0.3 is 24.7 Å². The Kier molecular flexibility index (Phi) is 7.48. The highest BCUT2D eigenvalue weighted by Crippen LogP contribution is 2.69. The van der Waals surface area contributed by atoms with Crippen molar-refractivity contribution in [2.24, 2.45) is 17.8 Å². The minimum atomic E-state index is -1.01. The van der Waals surface area contributed by atoms with Crippen LogP contribution in [0.3, 0.4) is 0 Å². The van der Waals surface area contributed by atoms with Gasteiger partial charge in [-0.1, -0.05) is 43.3 Å². The van der Waals surface area contributed by atoms with E-state index in [0.717, 1.165) is 5.56 Å². The summed E-state index contributed by atoms with van der Waals surface area (Å²) >= 11 is 1.49. The highest BCUT2D eigenvalue weighted by molar-refractivity contribution is 8.02. The van der Waals surface area contributed by atoms with Crippen LogP contribution in [0.4, 0.5) is 5.69 Å². The molecular weight excluding hydrogens is 516 g/mol. The number of carbonyl (C=O) groups excluding carboxylic acids is 2. The Bertz CT molecular complexity index is 1250. The summed E-state index contributed by atoms with van der Waals surface area (Å²) in [6.07, 6.45) is 2.60. The van der Waals surface area contributed by atoms with E-state index in [1.807, 2.05) is 37.3 Å². The van der Waals surface area contributed by atoms with Crippen molar-refractivity contribution in [3.05, 3.63) is 72.8 Å². The van der Waals surface area contributed by atoms with Gasteiger partial charge in [0.05, 0.1) is 36.3 Å². The standard InChI is InChI=1S/C30H34N2O6S/c1-4-14-31(20-10-12-22(38-3)13-11-20)28(35)26-30-18(2)15-23(39-30)24(29(36)37)25(30)27(34)32(26)21(17-33)16-19-8-6-5-7-9-19/h4-13,18,21,23-26,33H,1,14-17H2,2-3H3,(H,36,37)/t18?,21-,23+,24-,25+,26?,30?/m1/s1. The number of hydrogen-bond acceptors (Lipinski definition) is 6. The summed E-state index contributed by atoms with van der Waals surface area (Å²) in [5.74, 6) is -2.79. The number of carbonyl (C=O) groups is 3. The maximum Gasteiger partial charge on any atom is 0.308 e. The number of fused-ring (bicyclic) bond motifs is 1. The van der Waals surface area contributed by atoms with Crippen LogP contribution in [0, 0.1) is 17.8 Å². The van der Waals surface area contributed by atoms with Crippen LogP contribution < -0.4 is 9.64 Å². The lowest BCUT2D eigenvalue weighted by molar-refractivity contribution is -0.149. The first-order valence-electron chi connectivity index (χ1n) is 13.2. The van der Waals surface area contributed by atoms with Crippen LogP contribution in [0.1, 0.15) is 18.9 Å². The molecule has 7 atom stereocenters. The third-order valence-corrected chi connectivity index (χ3v) is 10.7. The zero-order chi connectivity index (χ0) is 27.9. The van der Waals surface area contributed by atoms with Crippen molar-refractivity contribution in [3.8, 4) is 5.75 Å². The molecule has 5 rings (SSSR count). The van der Waals surface area contributed by atoms with Gasteiger partial charge in [-0.2, -0.15) is 0 Å². The lowest BCUT2D eigenvalue weighted by atomic mass is 9.66. The van der Waals surface area contributed by atoms with Crippen molar-refractivity contribution >= 4 is 35.2 Å².